The van der Waals surface area contributed by atoms with E-state index in [0.29, 0.717) is 62.0 Å². The third-order valence-electron chi connectivity index (χ3n) is 12.5. The van der Waals surface area contributed by atoms with E-state index in [1.165, 1.54) is 11.1 Å². The molecule has 1 unspecified atom stereocenters. The molecule has 3 aliphatic carbocycles. The number of nitrogens with zero attached hydrogens (tertiary/aromatic N) is 1. The maximum atomic E-state index is 13.2. The van der Waals surface area contributed by atoms with Gasteiger partial charge in [-0.3, -0.25) is 14.4 Å². The molecule has 0 radical (unpaired) electrons. The second-order valence-corrected chi connectivity index (χ2v) is 18.2. The summed E-state index contributed by atoms with van der Waals surface area (Å²) in [5.41, 5.74) is 4.93. The summed E-state index contributed by atoms with van der Waals surface area (Å²) in [5.74, 6) is 1.12. The van der Waals surface area contributed by atoms with E-state index in [1.54, 1.807) is 18.2 Å². The number of ether oxygens (including phenoxy) is 1. The van der Waals surface area contributed by atoms with Gasteiger partial charge in [0.2, 0.25) is 0 Å². The zero-order valence-corrected chi connectivity index (χ0v) is 34.6. The molecule has 0 amide bonds. The molecule has 0 bridgehead atoms. The van der Waals surface area contributed by atoms with E-state index in [1.807, 2.05) is 54.7 Å². The molecule has 1 fully saturated rings. The van der Waals surface area contributed by atoms with Crippen molar-refractivity contribution in [3.63, 3.8) is 0 Å². The van der Waals surface area contributed by atoms with Crippen molar-refractivity contribution in [3.8, 4) is 11.5 Å². The number of hydrogen-bond donors (Lipinski definition) is 4. The average molecular weight is 816 g/mol. The largest absolute Gasteiger partial charge is 0.527 e. The lowest BCUT2D eigenvalue weighted by Crippen LogP contribution is -2.53. The van der Waals surface area contributed by atoms with Gasteiger partial charge in [0.05, 0.1) is 13.2 Å². The van der Waals surface area contributed by atoms with Gasteiger partial charge in [-0.15, -0.1) is 0 Å². The van der Waals surface area contributed by atoms with Crippen LogP contribution in [0.2, 0.25) is 5.02 Å². The molecule has 12 heteroatoms. The van der Waals surface area contributed by atoms with Crippen LogP contribution in [0.4, 0.5) is 5.69 Å². The van der Waals surface area contributed by atoms with Crippen LogP contribution < -0.4 is 19.9 Å². The Hall–Kier alpha value is -3.92. The molecule has 0 aliphatic heterocycles. The lowest BCUT2D eigenvalue weighted by atomic mass is 9.59. The van der Waals surface area contributed by atoms with E-state index in [9.17, 15) is 19.4 Å². The van der Waals surface area contributed by atoms with Gasteiger partial charge in [0, 0.05) is 34.7 Å². The minimum absolute atomic E-state index is 0.0115. The van der Waals surface area contributed by atoms with Crippen molar-refractivity contribution in [3.05, 3.63) is 118 Å². The third kappa shape index (κ3) is 9.69. The molecule has 3 aliphatic rings. The number of carboxylic acids is 1. The van der Waals surface area contributed by atoms with Crippen molar-refractivity contribution >= 4 is 31.1 Å². The van der Waals surface area contributed by atoms with Crippen molar-refractivity contribution in [2.24, 2.45) is 11.8 Å². The lowest BCUT2D eigenvalue weighted by molar-refractivity contribution is -0.144. The molecule has 4 N–H and O–H groups in total. The first kappa shape index (κ1) is 41.2. The number of benzene rings is 3. The van der Waals surface area contributed by atoms with E-state index in [0.717, 1.165) is 61.1 Å². The van der Waals surface area contributed by atoms with E-state index < -0.39 is 19.3 Å². The van der Waals surface area contributed by atoms with Crippen LogP contribution in [0.1, 0.15) is 92.7 Å². The highest BCUT2D eigenvalue weighted by molar-refractivity contribution is 7.47. The number of nitrogens with one attached hydrogen (secondary N) is 2. The molecule has 0 saturated heterocycles. The van der Waals surface area contributed by atoms with Gasteiger partial charge in [0.15, 0.2) is 0 Å². The Morgan fingerprint density at radius 3 is 2.61 bits per heavy atom. The number of fused-ring (bicyclic) bond motifs is 3. The van der Waals surface area contributed by atoms with Gasteiger partial charge in [0.1, 0.15) is 17.0 Å². The minimum atomic E-state index is -4.42. The molecule has 304 valence electrons. The number of carbonyl (C=O) groups is 1. The van der Waals surface area contributed by atoms with Crippen LogP contribution in [-0.2, 0) is 38.6 Å². The van der Waals surface area contributed by atoms with Crippen molar-refractivity contribution < 1.29 is 33.1 Å². The van der Waals surface area contributed by atoms with Gasteiger partial charge in [-0.05, 0) is 147 Å². The van der Waals surface area contributed by atoms with Crippen LogP contribution in [0.15, 0.2) is 85.1 Å². The van der Waals surface area contributed by atoms with Crippen LogP contribution in [-0.4, -0.2) is 52.8 Å². The molecule has 4 atom stereocenters. The normalized spacial score (nSPS) is 24.2. The SMILES string of the molecule is C[C@@H](COc1ccnc2c1[C@H](C)CCC2)C[C@H]1Cc2ccc(OP(=O)(O)OCCNCCc3ccccc3)cc2C12CCC(Nc1cccc(Cl)c1)(C(=O)O)CC2. The highest BCUT2D eigenvalue weighted by Crippen LogP contribution is 2.57. The highest BCUT2D eigenvalue weighted by Gasteiger charge is 2.54. The Balaban J connectivity index is 1.06. The smallest absolute Gasteiger partial charge is 0.493 e. The maximum absolute atomic E-state index is 13.2. The van der Waals surface area contributed by atoms with E-state index >= 15 is 0 Å². The quantitative estimate of drug-likeness (QED) is 0.0602. The number of pyridine rings is 1. The molecular weight excluding hydrogens is 761 g/mol. The van der Waals surface area contributed by atoms with Crippen LogP contribution >= 0.6 is 19.4 Å². The summed E-state index contributed by atoms with van der Waals surface area (Å²) >= 11 is 6.28. The number of phosphoric ester groups is 1. The average Bonchev–Trinajstić information content (AvgIpc) is 3.47. The standard InChI is InChI=1S/C45H55ClN3O7P/c1-31(30-54-41-17-23-48-40-13-6-8-32(2)42(40)41)26-35-27-34-14-15-38(56-57(52,53)55-25-24-47-22-16-33-9-4-3-5-10-33)29-39(34)44(35)18-20-45(21-19-44,43(50)51)49-37-12-7-11-36(46)28-37/h3-5,7,9-12,14-15,17,23,28-29,31-32,35,47,49H,6,8,13,16,18-22,24-27,30H2,1-2H3,(H,50,51)(H,52,53)/t31-,32-,35+,44?,45?/m1/s1. The number of phosphoric acid groups is 1. The monoisotopic (exact) mass is 815 g/mol. The van der Waals surface area contributed by atoms with Gasteiger partial charge in [-0.1, -0.05) is 67.9 Å². The number of anilines is 1. The van der Waals surface area contributed by atoms with Gasteiger partial charge in [-0.2, -0.15) is 0 Å². The highest BCUT2D eigenvalue weighted by atomic mass is 35.5. The number of aromatic nitrogens is 1. The van der Waals surface area contributed by atoms with Crippen LogP contribution in [0.5, 0.6) is 11.5 Å². The molecule has 3 aromatic carbocycles. The Kier molecular flexibility index (Phi) is 13.0. The summed E-state index contributed by atoms with van der Waals surface area (Å²) in [7, 11) is -4.42. The summed E-state index contributed by atoms with van der Waals surface area (Å²) in [4.78, 5) is 28.4. The van der Waals surface area contributed by atoms with Gasteiger partial charge in [-0.25, -0.2) is 9.36 Å². The Morgan fingerprint density at radius 1 is 1.04 bits per heavy atom. The van der Waals surface area contributed by atoms with E-state index in [2.05, 4.69) is 41.6 Å². The molecule has 1 spiro atoms. The summed E-state index contributed by atoms with van der Waals surface area (Å²) in [6.45, 7) is 6.16. The molecule has 4 aromatic rings. The summed E-state index contributed by atoms with van der Waals surface area (Å²) < 4.78 is 30.8. The molecule has 7 rings (SSSR count). The third-order valence-corrected chi connectivity index (χ3v) is 13.6. The minimum Gasteiger partial charge on any atom is -0.493 e. The Bertz CT molecular complexity index is 2060. The first-order valence-electron chi connectivity index (χ1n) is 20.4. The van der Waals surface area contributed by atoms with Gasteiger partial charge >= 0.3 is 13.8 Å². The number of carboxylic acid groups (broad SMARTS) is 1. The number of aryl methyl sites for hydroxylation is 1. The fourth-order valence-electron chi connectivity index (χ4n) is 9.53. The van der Waals surface area contributed by atoms with Crippen molar-refractivity contribution in [1.82, 2.24) is 10.3 Å². The molecule has 1 saturated carbocycles. The molecule has 1 heterocycles. The summed E-state index contributed by atoms with van der Waals surface area (Å²) in [6.07, 6.45) is 9.63. The lowest BCUT2D eigenvalue weighted by Gasteiger charge is -2.47. The zero-order chi connectivity index (χ0) is 40.0. The Labute approximate surface area is 341 Å². The second kappa shape index (κ2) is 17.9. The number of aliphatic carboxylic acids is 1. The fourth-order valence-corrected chi connectivity index (χ4v) is 10.5. The molecule has 57 heavy (non-hydrogen) atoms. The van der Waals surface area contributed by atoms with Crippen LogP contribution in [0.25, 0.3) is 0 Å². The van der Waals surface area contributed by atoms with E-state index in [-0.39, 0.29) is 29.6 Å². The van der Waals surface area contributed by atoms with Crippen molar-refractivity contribution in [2.75, 3.05) is 31.6 Å². The molecular formula is C45H55ClN3O7P. The predicted molar refractivity (Wildman–Crippen MR) is 224 cm³/mol. The van der Waals surface area contributed by atoms with Crippen LogP contribution in [0, 0.1) is 11.8 Å². The molecule has 1 aromatic heterocycles. The predicted octanol–water partition coefficient (Wildman–Crippen LogP) is 9.53. The van der Waals surface area contributed by atoms with Gasteiger partial charge in [0.25, 0.3) is 0 Å². The van der Waals surface area contributed by atoms with Crippen molar-refractivity contribution in [1.29, 1.82) is 0 Å². The topological polar surface area (TPSA) is 139 Å². The fraction of sp³-hybridized carbons (Fsp3) is 0.467. The molecule has 10 nitrogen and oxygen atoms in total. The van der Waals surface area contributed by atoms with Crippen LogP contribution in [0.3, 0.4) is 0 Å². The number of hydrogen-bond acceptors (Lipinski definition) is 8. The number of rotatable bonds is 17. The zero-order valence-electron chi connectivity index (χ0n) is 32.9. The summed E-state index contributed by atoms with van der Waals surface area (Å²) in [6, 6.07) is 24.9. The van der Waals surface area contributed by atoms with Gasteiger partial charge < -0.3 is 25.0 Å². The van der Waals surface area contributed by atoms with Crippen molar-refractivity contribution in [2.45, 2.75) is 94.9 Å². The first-order chi connectivity index (χ1) is 27.5. The maximum Gasteiger partial charge on any atom is 0.527 e. The second-order valence-electron chi connectivity index (χ2n) is 16.4. The summed E-state index contributed by atoms with van der Waals surface area (Å²) in [5, 5.41) is 17.8. The van der Waals surface area contributed by atoms with E-state index in [4.69, 9.17) is 25.4 Å². The first-order valence-corrected chi connectivity index (χ1v) is 22.3. The Morgan fingerprint density at radius 2 is 1.84 bits per heavy atom. The number of halogens is 1.